The number of allylic oxidation sites excluding steroid dienone is 1. The second-order valence-corrected chi connectivity index (χ2v) is 3.62. The predicted molar refractivity (Wildman–Crippen MR) is 39.7 cm³/mol. The molecule has 3 nitrogen and oxygen atoms in total. The average Bonchev–Trinajstić information content (AvgIpc) is 1.62. The standard InChI is InChI=1S/C4H5FINO2/c1-3(7(8)9)4(2,5)6/h1H2,2H3. The first-order chi connectivity index (χ1) is 3.85. The van der Waals surface area contributed by atoms with Crippen molar-refractivity contribution in [3.8, 4) is 0 Å². The topological polar surface area (TPSA) is 43.1 Å². The SMILES string of the molecule is C=C([N+](=O)[O-])C(C)(F)I. The van der Waals surface area contributed by atoms with E-state index >= 15 is 0 Å². The molecule has 0 N–H and O–H groups in total. The van der Waals surface area contributed by atoms with Crippen LogP contribution in [0, 0.1) is 10.1 Å². The van der Waals surface area contributed by atoms with Crippen molar-refractivity contribution in [3.63, 3.8) is 0 Å². The Labute approximate surface area is 65.2 Å². The molecule has 0 radical (unpaired) electrons. The van der Waals surface area contributed by atoms with Crippen molar-refractivity contribution in [3.05, 3.63) is 22.4 Å². The molecular formula is C4H5FINO2. The maximum absolute atomic E-state index is 12.5. The minimum Gasteiger partial charge on any atom is -0.259 e. The molecule has 0 spiro atoms. The molecule has 0 aromatic heterocycles. The van der Waals surface area contributed by atoms with Crippen molar-refractivity contribution in [1.29, 1.82) is 0 Å². The van der Waals surface area contributed by atoms with Crippen LogP contribution in [0.5, 0.6) is 0 Å². The highest BCUT2D eigenvalue weighted by atomic mass is 127. The Bertz CT molecular complexity index is 151. The fourth-order valence-corrected chi connectivity index (χ4v) is 0.357. The van der Waals surface area contributed by atoms with Crippen molar-refractivity contribution in [2.24, 2.45) is 0 Å². The molecule has 0 saturated carbocycles. The lowest BCUT2D eigenvalue weighted by atomic mass is 10.3. The summed E-state index contributed by atoms with van der Waals surface area (Å²) in [6.07, 6.45) is 0. The molecule has 0 heterocycles. The Balaban J connectivity index is 4.23. The van der Waals surface area contributed by atoms with Crippen LogP contribution < -0.4 is 0 Å². The molecule has 0 saturated heterocycles. The van der Waals surface area contributed by atoms with Crippen LogP contribution >= 0.6 is 22.6 Å². The van der Waals surface area contributed by atoms with E-state index in [1.807, 2.05) is 0 Å². The first-order valence-electron chi connectivity index (χ1n) is 2.07. The lowest BCUT2D eigenvalue weighted by Crippen LogP contribution is -2.16. The van der Waals surface area contributed by atoms with Crippen molar-refractivity contribution in [2.45, 2.75) is 10.6 Å². The first-order valence-corrected chi connectivity index (χ1v) is 3.15. The Morgan fingerprint density at radius 3 is 2.33 bits per heavy atom. The summed E-state index contributed by atoms with van der Waals surface area (Å²) in [7, 11) is 0. The zero-order chi connectivity index (χ0) is 7.65. The van der Waals surface area contributed by atoms with Crippen molar-refractivity contribution in [2.75, 3.05) is 0 Å². The van der Waals surface area contributed by atoms with E-state index in [4.69, 9.17) is 0 Å². The summed E-state index contributed by atoms with van der Waals surface area (Å²) < 4.78 is 10.5. The Morgan fingerprint density at radius 1 is 2.00 bits per heavy atom. The van der Waals surface area contributed by atoms with Gasteiger partial charge in [0, 0.05) is 0 Å². The van der Waals surface area contributed by atoms with Crippen LogP contribution in [-0.2, 0) is 0 Å². The molecule has 0 aliphatic rings. The smallest absolute Gasteiger partial charge is 0.259 e. The highest BCUT2D eigenvalue weighted by Crippen LogP contribution is 2.27. The summed E-state index contributed by atoms with van der Waals surface area (Å²) in [4.78, 5) is 8.98. The van der Waals surface area contributed by atoms with Gasteiger partial charge in [0.05, 0.1) is 4.92 Å². The van der Waals surface area contributed by atoms with Crippen LogP contribution in [0.1, 0.15) is 6.92 Å². The third kappa shape index (κ3) is 2.73. The van der Waals surface area contributed by atoms with Crippen LogP contribution in [0.4, 0.5) is 4.39 Å². The van der Waals surface area contributed by atoms with Crippen LogP contribution in [0.2, 0.25) is 0 Å². The molecular weight excluding hydrogens is 240 g/mol. The van der Waals surface area contributed by atoms with Gasteiger partial charge in [0.1, 0.15) is 0 Å². The summed E-state index contributed by atoms with van der Waals surface area (Å²) in [6, 6.07) is 0. The quantitative estimate of drug-likeness (QED) is 0.322. The molecule has 0 aromatic rings. The van der Waals surface area contributed by atoms with Gasteiger partial charge in [-0.25, -0.2) is 4.39 Å². The number of halogens is 2. The number of rotatable bonds is 2. The number of nitro groups is 1. The van der Waals surface area contributed by atoms with Gasteiger partial charge in [-0.15, -0.1) is 0 Å². The Morgan fingerprint density at radius 2 is 2.33 bits per heavy atom. The lowest BCUT2D eigenvalue weighted by Gasteiger charge is -2.05. The molecule has 5 heteroatoms. The van der Waals surface area contributed by atoms with E-state index in [2.05, 4.69) is 6.58 Å². The van der Waals surface area contributed by atoms with Gasteiger partial charge in [0.2, 0.25) is 3.68 Å². The van der Waals surface area contributed by atoms with Gasteiger partial charge in [-0.05, 0) is 36.1 Å². The molecule has 0 rings (SSSR count). The zero-order valence-corrected chi connectivity index (χ0v) is 6.88. The monoisotopic (exact) mass is 245 g/mol. The maximum atomic E-state index is 12.5. The molecule has 0 amide bonds. The van der Waals surface area contributed by atoms with Gasteiger partial charge in [-0.3, -0.25) is 10.1 Å². The Kier molecular flexibility index (Phi) is 2.53. The first kappa shape index (κ1) is 8.80. The normalized spacial score (nSPS) is 16.3. The zero-order valence-electron chi connectivity index (χ0n) is 4.73. The van der Waals surface area contributed by atoms with Crippen molar-refractivity contribution >= 4 is 22.6 Å². The highest BCUT2D eigenvalue weighted by molar-refractivity contribution is 14.1. The number of hydrogen-bond donors (Lipinski definition) is 0. The van der Waals surface area contributed by atoms with Gasteiger partial charge in [0.25, 0.3) is 5.70 Å². The fourth-order valence-electron chi connectivity index (χ4n) is 0.160. The fraction of sp³-hybridized carbons (Fsp3) is 0.500. The maximum Gasteiger partial charge on any atom is 0.285 e. The molecule has 0 aliphatic carbocycles. The van der Waals surface area contributed by atoms with Crippen LogP contribution in [0.15, 0.2) is 12.3 Å². The summed E-state index contributed by atoms with van der Waals surface area (Å²) >= 11 is 1.31. The molecule has 0 fully saturated rings. The van der Waals surface area contributed by atoms with Crippen LogP contribution in [-0.4, -0.2) is 8.60 Å². The van der Waals surface area contributed by atoms with Crippen LogP contribution in [0.3, 0.4) is 0 Å². The molecule has 0 aliphatic heterocycles. The van der Waals surface area contributed by atoms with E-state index in [0.717, 1.165) is 6.92 Å². The van der Waals surface area contributed by atoms with E-state index in [0.29, 0.717) is 0 Å². The summed E-state index contributed by atoms with van der Waals surface area (Å²) in [6.45, 7) is 4.03. The van der Waals surface area contributed by atoms with Gasteiger partial charge >= 0.3 is 0 Å². The summed E-state index contributed by atoms with van der Waals surface area (Å²) in [5, 5.41) is 9.81. The molecule has 0 aromatic carbocycles. The molecule has 0 bridgehead atoms. The van der Waals surface area contributed by atoms with Gasteiger partial charge < -0.3 is 0 Å². The number of alkyl halides is 2. The van der Waals surface area contributed by atoms with Gasteiger partial charge in [0.15, 0.2) is 0 Å². The van der Waals surface area contributed by atoms with Gasteiger partial charge in [-0.1, -0.05) is 0 Å². The van der Waals surface area contributed by atoms with Crippen molar-refractivity contribution in [1.82, 2.24) is 0 Å². The second-order valence-electron chi connectivity index (χ2n) is 1.59. The minimum absolute atomic E-state index is 0.622. The molecule has 52 valence electrons. The third-order valence-corrected chi connectivity index (χ3v) is 1.35. The second kappa shape index (κ2) is 2.59. The molecule has 1 unspecified atom stereocenters. The van der Waals surface area contributed by atoms with E-state index in [-0.39, 0.29) is 0 Å². The van der Waals surface area contributed by atoms with Crippen molar-refractivity contribution < 1.29 is 9.31 Å². The average molecular weight is 245 g/mol. The lowest BCUT2D eigenvalue weighted by molar-refractivity contribution is -0.433. The number of hydrogen-bond acceptors (Lipinski definition) is 2. The van der Waals surface area contributed by atoms with E-state index < -0.39 is 14.3 Å². The van der Waals surface area contributed by atoms with E-state index in [9.17, 15) is 14.5 Å². The largest absolute Gasteiger partial charge is 0.285 e. The number of nitrogens with zero attached hydrogens (tertiary/aromatic N) is 1. The highest BCUT2D eigenvalue weighted by Gasteiger charge is 2.32. The summed E-state index contributed by atoms with van der Waals surface area (Å²) in [5.41, 5.74) is -0.622. The van der Waals surface area contributed by atoms with Crippen LogP contribution in [0.25, 0.3) is 0 Å². The molecule has 9 heavy (non-hydrogen) atoms. The summed E-state index contributed by atoms with van der Waals surface area (Å²) in [5.74, 6) is 0. The molecule has 1 atom stereocenters. The Hall–Kier alpha value is -0.200. The van der Waals surface area contributed by atoms with Gasteiger partial charge in [-0.2, -0.15) is 0 Å². The minimum atomic E-state index is -1.94. The van der Waals surface area contributed by atoms with E-state index in [1.54, 1.807) is 0 Å². The predicted octanol–water partition coefficient (Wildman–Crippen LogP) is 1.90. The third-order valence-electron chi connectivity index (χ3n) is 0.727. The van der Waals surface area contributed by atoms with E-state index in [1.165, 1.54) is 22.6 Å².